The summed E-state index contributed by atoms with van der Waals surface area (Å²) in [5, 5.41) is 3.22. The molecule has 5 nitrogen and oxygen atoms in total. The molecular formula is C17H26F3N3O2. The number of ether oxygens (including phenoxy) is 2. The maximum absolute atomic E-state index is 12.3. The minimum absolute atomic E-state index is 0.0630. The maximum Gasteiger partial charge on any atom is 0.422 e. The van der Waals surface area contributed by atoms with Crippen molar-refractivity contribution in [2.45, 2.75) is 32.5 Å². The zero-order chi connectivity index (χ0) is 18.9. The van der Waals surface area contributed by atoms with E-state index in [9.17, 15) is 13.2 Å². The molecule has 1 aromatic rings. The molecule has 0 aliphatic carbocycles. The third-order valence-corrected chi connectivity index (χ3v) is 3.49. The first-order chi connectivity index (χ1) is 11.8. The van der Waals surface area contributed by atoms with Crippen LogP contribution in [0.3, 0.4) is 0 Å². The predicted octanol–water partition coefficient (Wildman–Crippen LogP) is 3.44. The van der Waals surface area contributed by atoms with E-state index in [0.717, 1.165) is 30.9 Å². The number of benzene rings is 1. The number of halogens is 3. The Balaban J connectivity index is 2.70. The minimum atomic E-state index is -4.39. The van der Waals surface area contributed by atoms with Crippen LogP contribution in [0.4, 0.5) is 13.2 Å². The summed E-state index contributed by atoms with van der Waals surface area (Å²) < 4.78 is 46.7. The van der Waals surface area contributed by atoms with Crippen LogP contribution in [-0.2, 0) is 6.54 Å². The third-order valence-electron chi connectivity index (χ3n) is 3.49. The van der Waals surface area contributed by atoms with Crippen molar-refractivity contribution in [3.8, 4) is 11.5 Å². The molecule has 25 heavy (non-hydrogen) atoms. The fourth-order valence-electron chi connectivity index (χ4n) is 2.17. The number of alkyl halides is 3. The summed E-state index contributed by atoms with van der Waals surface area (Å²) in [5.74, 6) is 1.08. The van der Waals surface area contributed by atoms with Gasteiger partial charge in [0.15, 0.2) is 24.1 Å². The summed E-state index contributed by atoms with van der Waals surface area (Å²) in [4.78, 5) is 6.25. The highest BCUT2D eigenvalue weighted by Gasteiger charge is 2.29. The highest BCUT2D eigenvalue weighted by atomic mass is 19.4. The lowest BCUT2D eigenvalue weighted by Gasteiger charge is -2.22. The smallest absolute Gasteiger partial charge is 0.422 e. The topological polar surface area (TPSA) is 46.1 Å². The summed E-state index contributed by atoms with van der Waals surface area (Å²) in [6, 6.07) is 4.82. The molecule has 0 aromatic heterocycles. The quantitative estimate of drug-likeness (QED) is 0.569. The number of methoxy groups -OCH3 is 1. The molecule has 0 spiro atoms. The molecule has 0 aliphatic rings. The van der Waals surface area contributed by atoms with Crippen LogP contribution in [-0.4, -0.2) is 51.4 Å². The molecule has 0 saturated carbocycles. The number of hydrogen-bond donors (Lipinski definition) is 1. The number of nitrogens with zero attached hydrogens (tertiary/aromatic N) is 2. The Kier molecular flexibility index (Phi) is 8.37. The molecular weight excluding hydrogens is 335 g/mol. The maximum atomic E-state index is 12.3. The van der Waals surface area contributed by atoms with E-state index in [0.29, 0.717) is 6.54 Å². The molecule has 1 rings (SSSR count). The lowest BCUT2D eigenvalue weighted by Crippen LogP contribution is -2.38. The molecule has 0 saturated heterocycles. The van der Waals surface area contributed by atoms with Crippen LogP contribution in [0.1, 0.15) is 25.3 Å². The predicted molar refractivity (Wildman–Crippen MR) is 92.3 cm³/mol. The van der Waals surface area contributed by atoms with Crippen LogP contribution in [0.2, 0.25) is 0 Å². The SMILES string of the molecule is CCCCN(C)C(=NC)NCc1ccc(OCC(F)(F)F)c(OC)c1. The van der Waals surface area contributed by atoms with Gasteiger partial charge in [0, 0.05) is 27.2 Å². The number of aliphatic imine (C=N–C) groups is 1. The molecule has 0 aliphatic heterocycles. The molecule has 0 fully saturated rings. The molecule has 0 heterocycles. The second-order valence-corrected chi connectivity index (χ2v) is 5.56. The van der Waals surface area contributed by atoms with Crippen molar-refractivity contribution >= 4 is 5.96 Å². The van der Waals surface area contributed by atoms with Crippen LogP contribution in [0.5, 0.6) is 11.5 Å². The molecule has 0 unspecified atom stereocenters. The van der Waals surface area contributed by atoms with E-state index in [1.54, 1.807) is 19.2 Å². The number of hydrogen-bond acceptors (Lipinski definition) is 3. The van der Waals surface area contributed by atoms with Crippen LogP contribution in [0, 0.1) is 0 Å². The molecule has 1 N–H and O–H groups in total. The lowest BCUT2D eigenvalue weighted by molar-refractivity contribution is -0.153. The zero-order valence-corrected chi connectivity index (χ0v) is 15.1. The first-order valence-electron chi connectivity index (χ1n) is 8.09. The summed E-state index contributed by atoms with van der Waals surface area (Å²) >= 11 is 0. The van der Waals surface area contributed by atoms with Crippen molar-refractivity contribution in [3.05, 3.63) is 23.8 Å². The average Bonchev–Trinajstić information content (AvgIpc) is 2.58. The summed E-state index contributed by atoms with van der Waals surface area (Å²) in [6.45, 7) is 2.14. The molecule has 0 amide bonds. The highest BCUT2D eigenvalue weighted by molar-refractivity contribution is 5.79. The van der Waals surface area contributed by atoms with Gasteiger partial charge >= 0.3 is 6.18 Å². The van der Waals surface area contributed by atoms with E-state index < -0.39 is 12.8 Å². The van der Waals surface area contributed by atoms with Crippen molar-refractivity contribution in [2.24, 2.45) is 4.99 Å². The van der Waals surface area contributed by atoms with Gasteiger partial charge < -0.3 is 19.7 Å². The largest absolute Gasteiger partial charge is 0.493 e. The average molecular weight is 361 g/mol. The Morgan fingerprint density at radius 3 is 2.56 bits per heavy atom. The van der Waals surface area contributed by atoms with E-state index in [-0.39, 0.29) is 11.5 Å². The first kappa shape index (κ1) is 20.9. The Morgan fingerprint density at radius 1 is 1.28 bits per heavy atom. The first-order valence-corrected chi connectivity index (χ1v) is 8.09. The number of unbranched alkanes of at least 4 members (excludes halogenated alkanes) is 1. The third kappa shape index (κ3) is 7.53. The van der Waals surface area contributed by atoms with Gasteiger partial charge in [-0.15, -0.1) is 0 Å². The van der Waals surface area contributed by atoms with Gasteiger partial charge in [-0.05, 0) is 24.1 Å². The molecule has 8 heteroatoms. The van der Waals surface area contributed by atoms with Crippen LogP contribution in [0.15, 0.2) is 23.2 Å². The summed E-state index contributed by atoms with van der Waals surface area (Å²) in [6.07, 6.45) is -2.23. The van der Waals surface area contributed by atoms with Crippen molar-refractivity contribution in [3.63, 3.8) is 0 Å². The van der Waals surface area contributed by atoms with Gasteiger partial charge in [-0.2, -0.15) is 13.2 Å². The van der Waals surface area contributed by atoms with E-state index in [1.165, 1.54) is 13.2 Å². The molecule has 1 aromatic carbocycles. The number of rotatable bonds is 8. The monoisotopic (exact) mass is 361 g/mol. The van der Waals surface area contributed by atoms with Gasteiger partial charge in [-0.25, -0.2) is 0 Å². The van der Waals surface area contributed by atoms with Gasteiger partial charge in [-0.3, -0.25) is 4.99 Å². The van der Waals surface area contributed by atoms with Crippen LogP contribution in [0.25, 0.3) is 0 Å². The van der Waals surface area contributed by atoms with Crippen molar-refractivity contribution < 1.29 is 22.6 Å². The summed E-state index contributed by atoms with van der Waals surface area (Å²) in [5.41, 5.74) is 0.848. The van der Waals surface area contributed by atoms with Crippen molar-refractivity contribution in [2.75, 3.05) is 34.4 Å². The van der Waals surface area contributed by atoms with Crippen LogP contribution < -0.4 is 14.8 Å². The second-order valence-electron chi connectivity index (χ2n) is 5.56. The Labute approximate surface area is 146 Å². The van der Waals surface area contributed by atoms with Gasteiger partial charge in [0.2, 0.25) is 0 Å². The van der Waals surface area contributed by atoms with E-state index in [4.69, 9.17) is 9.47 Å². The van der Waals surface area contributed by atoms with Crippen molar-refractivity contribution in [1.82, 2.24) is 10.2 Å². The molecule has 0 bridgehead atoms. The molecule has 0 radical (unpaired) electrons. The van der Waals surface area contributed by atoms with Gasteiger partial charge in [0.05, 0.1) is 7.11 Å². The van der Waals surface area contributed by atoms with E-state index >= 15 is 0 Å². The lowest BCUT2D eigenvalue weighted by atomic mass is 10.2. The Morgan fingerprint density at radius 2 is 2.00 bits per heavy atom. The zero-order valence-electron chi connectivity index (χ0n) is 15.1. The Bertz CT molecular complexity index is 563. The standard InChI is InChI=1S/C17H26F3N3O2/c1-5-6-9-23(3)16(21-2)22-11-13-7-8-14(15(10-13)24-4)25-12-17(18,19)20/h7-8,10H,5-6,9,11-12H2,1-4H3,(H,21,22). The van der Waals surface area contributed by atoms with Crippen molar-refractivity contribution in [1.29, 1.82) is 0 Å². The van der Waals surface area contributed by atoms with Gasteiger partial charge in [-0.1, -0.05) is 19.4 Å². The minimum Gasteiger partial charge on any atom is -0.493 e. The summed E-state index contributed by atoms with van der Waals surface area (Å²) in [7, 11) is 5.06. The van der Waals surface area contributed by atoms with E-state index in [2.05, 4.69) is 17.2 Å². The molecule has 142 valence electrons. The fourth-order valence-corrected chi connectivity index (χ4v) is 2.17. The highest BCUT2D eigenvalue weighted by Crippen LogP contribution is 2.29. The van der Waals surface area contributed by atoms with E-state index in [1.807, 2.05) is 11.9 Å². The van der Waals surface area contributed by atoms with Crippen LogP contribution >= 0.6 is 0 Å². The molecule has 0 atom stereocenters. The number of nitrogens with one attached hydrogen (secondary N) is 1. The fraction of sp³-hybridized carbons (Fsp3) is 0.588. The second kappa shape index (κ2) is 10.0. The van der Waals surface area contributed by atoms with Gasteiger partial charge in [0.1, 0.15) is 0 Å². The van der Waals surface area contributed by atoms with Gasteiger partial charge in [0.25, 0.3) is 0 Å². The number of guanidine groups is 1. The normalized spacial score (nSPS) is 12.0. The Hall–Kier alpha value is -2.12.